The van der Waals surface area contributed by atoms with E-state index in [4.69, 9.17) is 18.9 Å². The van der Waals surface area contributed by atoms with Crippen molar-refractivity contribution in [3.05, 3.63) is 0 Å². The van der Waals surface area contributed by atoms with Crippen molar-refractivity contribution in [2.24, 2.45) is 5.92 Å². The van der Waals surface area contributed by atoms with E-state index in [1.54, 1.807) is 0 Å². The predicted molar refractivity (Wildman–Crippen MR) is 88.9 cm³/mol. The minimum absolute atomic E-state index is 0.103. The molecule has 134 valence electrons. The molecule has 2 saturated heterocycles. The lowest BCUT2D eigenvalue weighted by Crippen LogP contribution is -2.50. The molecule has 1 saturated carbocycles. The van der Waals surface area contributed by atoms with Crippen LogP contribution in [0.5, 0.6) is 0 Å². The average molecular weight is 326 g/mol. The highest BCUT2D eigenvalue weighted by molar-refractivity contribution is 4.83. The van der Waals surface area contributed by atoms with Gasteiger partial charge in [0.15, 0.2) is 18.4 Å². The van der Waals surface area contributed by atoms with Crippen molar-refractivity contribution in [2.45, 2.75) is 102 Å². The topological polar surface area (TPSA) is 36.9 Å². The van der Waals surface area contributed by atoms with Gasteiger partial charge in [-0.2, -0.15) is 0 Å². The van der Waals surface area contributed by atoms with Crippen LogP contribution in [0.3, 0.4) is 0 Å². The normalized spacial score (nSPS) is 33.3. The molecule has 2 heterocycles. The van der Waals surface area contributed by atoms with Gasteiger partial charge in [0.05, 0.1) is 0 Å². The van der Waals surface area contributed by atoms with E-state index in [2.05, 4.69) is 6.92 Å². The molecule has 0 aromatic heterocycles. The van der Waals surface area contributed by atoms with Crippen molar-refractivity contribution in [1.82, 2.24) is 0 Å². The lowest BCUT2D eigenvalue weighted by molar-refractivity contribution is -0.381. The Balaban J connectivity index is 1.70. The van der Waals surface area contributed by atoms with Gasteiger partial charge in [-0.15, -0.1) is 0 Å². The van der Waals surface area contributed by atoms with Crippen molar-refractivity contribution in [2.75, 3.05) is 13.2 Å². The molecule has 0 amide bonds. The molecular formula is C19H34O4. The van der Waals surface area contributed by atoms with E-state index in [-0.39, 0.29) is 12.6 Å². The molecule has 3 aliphatic rings. The molecule has 23 heavy (non-hydrogen) atoms. The Labute approximate surface area is 141 Å². The molecular weight excluding hydrogens is 292 g/mol. The predicted octanol–water partition coefficient (Wildman–Crippen LogP) is 4.76. The van der Waals surface area contributed by atoms with Crippen molar-refractivity contribution in [3.8, 4) is 0 Å². The third-order valence-electron chi connectivity index (χ3n) is 5.66. The first-order valence-corrected chi connectivity index (χ1v) is 9.91. The summed E-state index contributed by atoms with van der Waals surface area (Å²) < 4.78 is 24.8. The second-order valence-corrected chi connectivity index (χ2v) is 7.33. The Morgan fingerprint density at radius 3 is 1.70 bits per heavy atom. The molecule has 1 aliphatic carbocycles. The van der Waals surface area contributed by atoms with E-state index in [1.807, 2.05) is 0 Å². The maximum atomic E-state index is 6.55. The molecule has 3 fully saturated rings. The fourth-order valence-corrected chi connectivity index (χ4v) is 4.27. The van der Waals surface area contributed by atoms with E-state index < -0.39 is 5.79 Å². The Bertz CT molecular complexity index is 308. The van der Waals surface area contributed by atoms with Gasteiger partial charge in [0.25, 0.3) is 0 Å². The number of hydrogen-bond acceptors (Lipinski definition) is 4. The van der Waals surface area contributed by atoms with Crippen molar-refractivity contribution in [3.63, 3.8) is 0 Å². The Kier molecular flexibility index (Phi) is 6.75. The average Bonchev–Trinajstić information content (AvgIpc) is 2.63. The van der Waals surface area contributed by atoms with Gasteiger partial charge >= 0.3 is 0 Å². The minimum atomic E-state index is -0.523. The van der Waals surface area contributed by atoms with Gasteiger partial charge in [0, 0.05) is 19.1 Å². The largest absolute Gasteiger partial charge is 0.353 e. The van der Waals surface area contributed by atoms with Gasteiger partial charge in [0.2, 0.25) is 0 Å². The van der Waals surface area contributed by atoms with Gasteiger partial charge in [-0.3, -0.25) is 0 Å². The Morgan fingerprint density at radius 2 is 1.26 bits per heavy atom. The van der Waals surface area contributed by atoms with Gasteiger partial charge in [0.1, 0.15) is 0 Å². The zero-order valence-corrected chi connectivity index (χ0v) is 14.8. The van der Waals surface area contributed by atoms with E-state index in [0.717, 1.165) is 45.3 Å². The quantitative estimate of drug-likeness (QED) is 0.660. The van der Waals surface area contributed by atoms with Crippen LogP contribution in [0.1, 0.15) is 84.0 Å². The number of rotatable bonds is 6. The van der Waals surface area contributed by atoms with Crippen LogP contribution in [0.2, 0.25) is 0 Å². The highest BCUT2D eigenvalue weighted by atomic mass is 16.8. The molecule has 2 aliphatic heterocycles. The molecule has 3 rings (SSSR count). The van der Waals surface area contributed by atoms with Crippen molar-refractivity contribution >= 4 is 0 Å². The summed E-state index contributed by atoms with van der Waals surface area (Å²) >= 11 is 0. The molecule has 0 radical (unpaired) electrons. The van der Waals surface area contributed by atoms with Gasteiger partial charge in [-0.25, -0.2) is 0 Å². The summed E-state index contributed by atoms with van der Waals surface area (Å²) in [6, 6.07) is 0. The molecule has 0 spiro atoms. The standard InChI is InChI=1S/C19H34O4/c1-2-19(16-10-4-3-5-11-16,22-17-12-6-8-14-20-17)23-18-13-7-9-15-21-18/h16-18H,2-15H2,1H3. The number of ether oxygens (including phenoxy) is 4. The lowest BCUT2D eigenvalue weighted by Gasteiger charge is -2.46. The fraction of sp³-hybridized carbons (Fsp3) is 1.00. The first kappa shape index (κ1) is 17.7. The monoisotopic (exact) mass is 326 g/mol. The van der Waals surface area contributed by atoms with Crippen LogP contribution in [0.25, 0.3) is 0 Å². The fourth-order valence-electron chi connectivity index (χ4n) is 4.27. The molecule has 4 nitrogen and oxygen atoms in total. The summed E-state index contributed by atoms with van der Waals surface area (Å²) in [5.74, 6) is -0.0537. The first-order valence-electron chi connectivity index (χ1n) is 9.91. The van der Waals surface area contributed by atoms with Gasteiger partial charge < -0.3 is 18.9 Å². The first-order chi connectivity index (χ1) is 11.3. The van der Waals surface area contributed by atoms with Crippen LogP contribution < -0.4 is 0 Å². The smallest absolute Gasteiger partial charge is 0.177 e. The van der Waals surface area contributed by atoms with Crippen LogP contribution >= 0.6 is 0 Å². The number of hydrogen-bond donors (Lipinski definition) is 0. The summed E-state index contributed by atoms with van der Waals surface area (Å²) in [6.07, 6.45) is 13.6. The van der Waals surface area contributed by atoms with E-state index in [0.29, 0.717) is 5.92 Å². The highest BCUT2D eigenvalue weighted by Crippen LogP contribution is 2.41. The Morgan fingerprint density at radius 1 is 0.739 bits per heavy atom. The summed E-state index contributed by atoms with van der Waals surface area (Å²) in [5.41, 5.74) is 0. The zero-order chi connectivity index (χ0) is 16.0. The van der Waals surface area contributed by atoms with E-state index in [9.17, 15) is 0 Å². The lowest BCUT2D eigenvalue weighted by atomic mass is 9.81. The summed E-state index contributed by atoms with van der Waals surface area (Å²) in [4.78, 5) is 0. The zero-order valence-electron chi connectivity index (χ0n) is 14.8. The molecule has 2 atom stereocenters. The molecule has 4 heteroatoms. The summed E-state index contributed by atoms with van der Waals surface area (Å²) in [6.45, 7) is 3.82. The van der Waals surface area contributed by atoms with Crippen LogP contribution in [0, 0.1) is 5.92 Å². The molecule has 0 aromatic carbocycles. The molecule has 0 aromatic rings. The maximum absolute atomic E-state index is 6.55. The maximum Gasteiger partial charge on any atom is 0.177 e. The van der Waals surface area contributed by atoms with Crippen LogP contribution in [0.15, 0.2) is 0 Å². The van der Waals surface area contributed by atoms with E-state index in [1.165, 1.54) is 44.9 Å². The van der Waals surface area contributed by atoms with Crippen molar-refractivity contribution < 1.29 is 18.9 Å². The molecule has 0 N–H and O–H groups in total. The van der Waals surface area contributed by atoms with Crippen molar-refractivity contribution in [1.29, 1.82) is 0 Å². The second kappa shape index (κ2) is 8.80. The van der Waals surface area contributed by atoms with Crippen LogP contribution in [0.4, 0.5) is 0 Å². The van der Waals surface area contributed by atoms with Crippen LogP contribution in [-0.2, 0) is 18.9 Å². The van der Waals surface area contributed by atoms with Gasteiger partial charge in [-0.1, -0.05) is 26.2 Å². The third-order valence-corrected chi connectivity index (χ3v) is 5.66. The van der Waals surface area contributed by atoms with Gasteiger partial charge in [-0.05, 0) is 57.8 Å². The van der Waals surface area contributed by atoms with Crippen LogP contribution in [-0.4, -0.2) is 31.6 Å². The minimum Gasteiger partial charge on any atom is -0.353 e. The van der Waals surface area contributed by atoms with E-state index >= 15 is 0 Å². The highest BCUT2D eigenvalue weighted by Gasteiger charge is 2.44. The SMILES string of the molecule is CCC(OC1CCCCO1)(OC1CCCCO1)C1CCCCC1. The third kappa shape index (κ3) is 4.68. The molecule has 2 unspecified atom stereocenters. The Hall–Kier alpha value is -0.160. The second-order valence-electron chi connectivity index (χ2n) is 7.33. The summed E-state index contributed by atoms with van der Waals surface area (Å²) in [7, 11) is 0. The molecule has 0 bridgehead atoms. The summed E-state index contributed by atoms with van der Waals surface area (Å²) in [5, 5.41) is 0.